The summed E-state index contributed by atoms with van der Waals surface area (Å²) in [7, 11) is 0. The van der Waals surface area contributed by atoms with Crippen LogP contribution in [0.4, 0.5) is 4.79 Å². The Labute approximate surface area is 118 Å². The number of ether oxygens (including phenoxy) is 1. The van der Waals surface area contributed by atoms with Crippen molar-refractivity contribution < 1.29 is 24.5 Å². The van der Waals surface area contributed by atoms with Crippen LogP contribution < -0.4 is 5.32 Å². The van der Waals surface area contributed by atoms with Crippen LogP contribution in [0.25, 0.3) is 0 Å². The molecule has 116 valence electrons. The highest BCUT2D eigenvalue weighted by Crippen LogP contribution is 2.21. The smallest absolute Gasteiger partial charge is 0.326 e. The van der Waals surface area contributed by atoms with E-state index in [4.69, 9.17) is 9.84 Å². The Morgan fingerprint density at radius 3 is 2.50 bits per heavy atom. The minimum atomic E-state index is -1.06. The number of carboxylic acids is 1. The molecule has 0 saturated carbocycles. The summed E-state index contributed by atoms with van der Waals surface area (Å²) in [5.41, 5.74) is -0.570. The Bertz CT molecular complexity index is 370. The van der Waals surface area contributed by atoms with Gasteiger partial charge in [0.25, 0.3) is 0 Å². The first-order valence-electron chi connectivity index (χ1n) is 6.73. The fourth-order valence-electron chi connectivity index (χ4n) is 2.28. The lowest BCUT2D eigenvalue weighted by atomic mass is 10.0. The molecule has 3 N–H and O–H groups in total. The lowest BCUT2D eigenvalue weighted by Crippen LogP contribution is -2.59. The van der Waals surface area contributed by atoms with Gasteiger partial charge in [0.05, 0.1) is 31.4 Å². The minimum absolute atomic E-state index is 0.181. The van der Waals surface area contributed by atoms with Crippen molar-refractivity contribution in [3.8, 4) is 0 Å². The largest absolute Gasteiger partial charge is 0.480 e. The standard InChI is InChI=1S/C13H24N2O5/c1-8(2)10(11(17)18)14-12(19)15-5-9(6-16)20-13(3,4)7-15/h8-10,16H,5-7H2,1-4H3,(H,14,19)(H,17,18)/t9?,10-/m1/s1. The number of aliphatic carboxylic acids is 1. The highest BCUT2D eigenvalue weighted by atomic mass is 16.5. The minimum Gasteiger partial charge on any atom is -0.480 e. The molecule has 7 heteroatoms. The van der Waals surface area contributed by atoms with Gasteiger partial charge in [-0.1, -0.05) is 13.8 Å². The first-order chi connectivity index (χ1) is 9.16. The molecule has 1 aliphatic rings. The van der Waals surface area contributed by atoms with Gasteiger partial charge in [-0.15, -0.1) is 0 Å². The third-order valence-electron chi connectivity index (χ3n) is 3.18. The van der Waals surface area contributed by atoms with Crippen molar-refractivity contribution in [3.63, 3.8) is 0 Å². The predicted molar refractivity (Wildman–Crippen MR) is 72.4 cm³/mol. The summed E-state index contributed by atoms with van der Waals surface area (Å²) in [6, 6.07) is -1.37. The van der Waals surface area contributed by atoms with Gasteiger partial charge in [0.2, 0.25) is 0 Å². The first-order valence-corrected chi connectivity index (χ1v) is 6.73. The number of aliphatic hydroxyl groups is 1. The Hall–Kier alpha value is -1.34. The van der Waals surface area contributed by atoms with Crippen molar-refractivity contribution in [3.05, 3.63) is 0 Å². The van der Waals surface area contributed by atoms with Gasteiger partial charge in [0, 0.05) is 0 Å². The number of hydrogen-bond donors (Lipinski definition) is 3. The molecule has 0 aromatic carbocycles. The molecule has 1 aliphatic heterocycles. The van der Waals surface area contributed by atoms with E-state index in [0.29, 0.717) is 6.54 Å². The monoisotopic (exact) mass is 288 g/mol. The van der Waals surface area contributed by atoms with Crippen LogP contribution in [0.1, 0.15) is 27.7 Å². The summed E-state index contributed by atoms with van der Waals surface area (Å²) < 4.78 is 5.62. The van der Waals surface area contributed by atoms with Crippen LogP contribution in [0, 0.1) is 5.92 Å². The summed E-state index contributed by atoms with van der Waals surface area (Å²) >= 11 is 0. The number of nitrogens with zero attached hydrogens (tertiary/aromatic N) is 1. The quantitative estimate of drug-likeness (QED) is 0.690. The number of carbonyl (C=O) groups is 2. The Morgan fingerprint density at radius 1 is 1.45 bits per heavy atom. The van der Waals surface area contributed by atoms with E-state index in [-0.39, 0.29) is 19.1 Å². The van der Waals surface area contributed by atoms with Crippen LogP contribution in [0.5, 0.6) is 0 Å². The van der Waals surface area contributed by atoms with E-state index in [9.17, 15) is 14.7 Å². The Kier molecular flexibility index (Phi) is 5.35. The van der Waals surface area contributed by atoms with Crippen molar-refractivity contribution in [2.75, 3.05) is 19.7 Å². The van der Waals surface area contributed by atoms with Crippen molar-refractivity contribution in [2.45, 2.75) is 45.4 Å². The molecule has 1 unspecified atom stereocenters. The zero-order chi connectivity index (χ0) is 15.5. The third kappa shape index (κ3) is 4.35. The maximum absolute atomic E-state index is 12.2. The zero-order valence-corrected chi connectivity index (χ0v) is 12.4. The highest BCUT2D eigenvalue weighted by molar-refractivity contribution is 5.82. The highest BCUT2D eigenvalue weighted by Gasteiger charge is 2.36. The van der Waals surface area contributed by atoms with Crippen molar-refractivity contribution >= 4 is 12.0 Å². The summed E-state index contributed by atoms with van der Waals surface area (Å²) in [5.74, 6) is -1.27. The summed E-state index contributed by atoms with van der Waals surface area (Å²) in [6.45, 7) is 7.53. The summed E-state index contributed by atoms with van der Waals surface area (Å²) in [6.07, 6.45) is -0.452. The van der Waals surface area contributed by atoms with Gasteiger partial charge in [0.15, 0.2) is 0 Å². The molecule has 0 aromatic rings. The fourth-order valence-corrected chi connectivity index (χ4v) is 2.28. The average Bonchev–Trinajstić information content (AvgIpc) is 2.32. The molecule has 0 aliphatic carbocycles. The Balaban J connectivity index is 2.73. The van der Waals surface area contributed by atoms with Crippen molar-refractivity contribution in [2.24, 2.45) is 5.92 Å². The van der Waals surface area contributed by atoms with Crippen LogP contribution in [-0.4, -0.2) is 64.6 Å². The van der Waals surface area contributed by atoms with Gasteiger partial charge >= 0.3 is 12.0 Å². The van der Waals surface area contributed by atoms with Gasteiger partial charge in [-0.25, -0.2) is 9.59 Å². The summed E-state index contributed by atoms with van der Waals surface area (Å²) in [4.78, 5) is 24.8. The normalized spacial score (nSPS) is 23.5. The number of nitrogens with one attached hydrogen (secondary N) is 1. The average molecular weight is 288 g/mol. The number of carbonyl (C=O) groups excluding carboxylic acids is 1. The van der Waals surface area contributed by atoms with Crippen LogP contribution in [0.2, 0.25) is 0 Å². The summed E-state index contributed by atoms with van der Waals surface area (Å²) in [5, 5.41) is 20.8. The molecule has 1 fully saturated rings. The molecule has 1 heterocycles. The number of hydrogen-bond acceptors (Lipinski definition) is 4. The van der Waals surface area contributed by atoms with Gasteiger partial charge < -0.3 is 25.2 Å². The SMILES string of the molecule is CC(C)[C@@H](NC(=O)N1CC(CO)OC(C)(C)C1)C(=O)O. The second kappa shape index (κ2) is 6.41. The van der Waals surface area contributed by atoms with E-state index in [2.05, 4.69) is 5.32 Å². The topological polar surface area (TPSA) is 99.1 Å². The zero-order valence-electron chi connectivity index (χ0n) is 12.4. The number of urea groups is 1. The second-order valence-corrected chi connectivity index (χ2v) is 6.07. The van der Waals surface area contributed by atoms with E-state index in [1.165, 1.54) is 4.90 Å². The van der Waals surface area contributed by atoms with Crippen molar-refractivity contribution in [1.82, 2.24) is 10.2 Å². The molecule has 0 spiro atoms. The molecule has 2 amide bonds. The molecular weight excluding hydrogens is 264 g/mol. The van der Waals surface area contributed by atoms with Gasteiger partial charge in [-0.2, -0.15) is 0 Å². The second-order valence-electron chi connectivity index (χ2n) is 6.07. The lowest BCUT2D eigenvalue weighted by Gasteiger charge is -2.42. The Morgan fingerprint density at radius 2 is 2.05 bits per heavy atom. The fraction of sp³-hybridized carbons (Fsp3) is 0.846. The van der Waals surface area contributed by atoms with Crippen LogP contribution in [-0.2, 0) is 9.53 Å². The number of aliphatic hydroxyl groups excluding tert-OH is 1. The number of morpholine rings is 1. The predicted octanol–water partition coefficient (Wildman–Crippen LogP) is 0.277. The maximum atomic E-state index is 12.2. The van der Waals surface area contributed by atoms with Crippen LogP contribution >= 0.6 is 0 Å². The lowest BCUT2D eigenvalue weighted by molar-refractivity contribution is -0.142. The van der Waals surface area contributed by atoms with E-state index in [1.54, 1.807) is 13.8 Å². The van der Waals surface area contributed by atoms with E-state index in [0.717, 1.165) is 0 Å². The van der Waals surface area contributed by atoms with Gasteiger partial charge in [0.1, 0.15) is 6.04 Å². The van der Waals surface area contributed by atoms with Gasteiger partial charge in [-0.3, -0.25) is 0 Å². The van der Waals surface area contributed by atoms with Crippen molar-refractivity contribution in [1.29, 1.82) is 0 Å². The molecule has 2 atom stereocenters. The van der Waals surface area contributed by atoms with E-state index >= 15 is 0 Å². The molecular formula is C13H24N2O5. The molecule has 0 aromatic heterocycles. The molecule has 1 saturated heterocycles. The third-order valence-corrected chi connectivity index (χ3v) is 3.18. The number of amides is 2. The maximum Gasteiger partial charge on any atom is 0.326 e. The number of carboxylic acid groups (broad SMARTS) is 1. The van der Waals surface area contributed by atoms with Gasteiger partial charge in [-0.05, 0) is 19.8 Å². The van der Waals surface area contributed by atoms with E-state index < -0.39 is 29.7 Å². The molecule has 0 radical (unpaired) electrons. The van der Waals surface area contributed by atoms with E-state index in [1.807, 2.05) is 13.8 Å². The molecule has 7 nitrogen and oxygen atoms in total. The molecule has 1 rings (SSSR count). The molecule has 20 heavy (non-hydrogen) atoms. The molecule has 0 bridgehead atoms. The first kappa shape index (κ1) is 16.7. The van der Waals surface area contributed by atoms with Crippen LogP contribution in [0.3, 0.4) is 0 Å². The number of rotatable bonds is 4. The van der Waals surface area contributed by atoms with Crippen LogP contribution in [0.15, 0.2) is 0 Å².